The maximum atomic E-state index is 11.9. The van der Waals surface area contributed by atoms with Crippen LogP contribution in [-0.4, -0.2) is 36.9 Å². The first-order chi connectivity index (χ1) is 9.06. The standard InChI is InChI=1S/C13H20N4O2/c1-4-15-12(18)5-6-16-13(19)10-7-9(2)17-11(8-10)14-3/h7-8H,4-6H2,1-3H3,(H,14,17)(H,15,18)(H,16,19). The number of aromatic nitrogens is 1. The van der Waals surface area contributed by atoms with Crippen LogP contribution in [0.15, 0.2) is 12.1 Å². The van der Waals surface area contributed by atoms with E-state index in [4.69, 9.17) is 0 Å². The van der Waals surface area contributed by atoms with Gasteiger partial charge in [0, 0.05) is 37.8 Å². The minimum atomic E-state index is -0.203. The molecule has 0 unspecified atom stereocenters. The summed E-state index contributed by atoms with van der Waals surface area (Å²) in [4.78, 5) is 27.4. The van der Waals surface area contributed by atoms with Crippen molar-refractivity contribution in [3.05, 3.63) is 23.4 Å². The number of rotatable bonds is 6. The fraction of sp³-hybridized carbons (Fsp3) is 0.462. The molecule has 0 atom stereocenters. The number of nitrogens with one attached hydrogen (secondary N) is 3. The van der Waals surface area contributed by atoms with E-state index in [9.17, 15) is 9.59 Å². The summed E-state index contributed by atoms with van der Waals surface area (Å²) < 4.78 is 0. The van der Waals surface area contributed by atoms with Crippen LogP contribution in [0, 0.1) is 6.92 Å². The first-order valence-electron chi connectivity index (χ1n) is 6.28. The van der Waals surface area contributed by atoms with Gasteiger partial charge in [-0.3, -0.25) is 9.59 Å². The van der Waals surface area contributed by atoms with Gasteiger partial charge in [-0.05, 0) is 26.0 Å². The lowest BCUT2D eigenvalue weighted by Crippen LogP contribution is -2.30. The number of hydrogen-bond acceptors (Lipinski definition) is 4. The highest BCUT2D eigenvalue weighted by molar-refractivity contribution is 5.95. The molecule has 0 saturated heterocycles. The first kappa shape index (κ1) is 14.9. The predicted octanol–water partition coefficient (Wildman–Crippen LogP) is 0.688. The topological polar surface area (TPSA) is 83.1 Å². The van der Waals surface area contributed by atoms with Crippen LogP contribution >= 0.6 is 0 Å². The van der Waals surface area contributed by atoms with Crippen molar-refractivity contribution in [1.82, 2.24) is 15.6 Å². The molecule has 1 heterocycles. The van der Waals surface area contributed by atoms with Crippen LogP contribution in [0.1, 0.15) is 29.4 Å². The van der Waals surface area contributed by atoms with Crippen LogP contribution in [0.4, 0.5) is 5.82 Å². The molecule has 2 amide bonds. The Balaban J connectivity index is 2.54. The Hall–Kier alpha value is -2.11. The highest BCUT2D eigenvalue weighted by atomic mass is 16.2. The van der Waals surface area contributed by atoms with Crippen molar-refractivity contribution in [2.75, 3.05) is 25.5 Å². The van der Waals surface area contributed by atoms with Crippen LogP contribution < -0.4 is 16.0 Å². The summed E-state index contributed by atoms with van der Waals surface area (Å²) >= 11 is 0. The molecule has 1 aromatic rings. The van der Waals surface area contributed by atoms with E-state index in [1.165, 1.54) is 0 Å². The number of nitrogens with zero attached hydrogens (tertiary/aromatic N) is 1. The second-order valence-corrected chi connectivity index (χ2v) is 4.09. The molecule has 19 heavy (non-hydrogen) atoms. The van der Waals surface area contributed by atoms with E-state index in [2.05, 4.69) is 20.9 Å². The van der Waals surface area contributed by atoms with E-state index in [1.54, 1.807) is 19.2 Å². The van der Waals surface area contributed by atoms with Crippen molar-refractivity contribution < 1.29 is 9.59 Å². The maximum Gasteiger partial charge on any atom is 0.251 e. The van der Waals surface area contributed by atoms with Gasteiger partial charge in [-0.15, -0.1) is 0 Å². The highest BCUT2D eigenvalue weighted by Crippen LogP contribution is 2.09. The molecule has 6 heteroatoms. The minimum absolute atomic E-state index is 0.0652. The number of pyridine rings is 1. The molecule has 0 aromatic carbocycles. The normalized spacial score (nSPS) is 9.84. The third-order valence-electron chi connectivity index (χ3n) is 2.48. The largest absolute Gasteiger partial charge is 0.373 e. The van der Waals surface area contributed by atoms with Crippen LogP contribution in [0.25, 0.3) is 0 Å². The second kappa shape index (κ2) is 7.35. The maximum absolute atomic E-state index is 11.9. The summed E-state index contributed by atoms with van der Waals surface area (Å²) in [6.45, 7) is 4.60. The smallest absolute Gasteiger partial charge is 0.251 e. The van der Waals surface area contributed by atoms with Gasteiger partial charge in [-0.25, -0.2) is 4.98 Å². The Morgan fingerprint density at radius 1 is 1.26 bits per heavy atom. The predicted molar refractivity (Wildman–Crippen MR) is 74.2 cm³/mol. The van der Waals surface area contributed by atoms with E-state index in [0.717, 1.165) is 5.69 Å². The average molecular weight is 264 g/mol. The fourth-order valence-electron chi connectivity index (χ4n) is 1.60. The number of anilines is 1. The van der Waals surface area contributed by atoms with Gasteiger partial charge in [-0.2, -0.15) is 0 Å². The number of amides is 2. The van der Waals surface area contributed by atoms with Gasteiger partial charge in [0.1, 0.15) is 5.82 Å². The average Bonchev–Trinajstić information content (AvgIpc) is 2.38. The van der Waals surface area contributed by atoms with E-state index in [0.29, 0.717) is 24.5 Å². The third kappa shape index (κ3) is 4.95. The van der Waals surface area contributed by atoms with Crippen molar-refractivity contribution >= 4 is 17.6 Å². The zero-order valence-electron chi connectivity index (χ0n) is 11.5. The first-order valence-corrected chi connectivity index (χ1v) is 6.28. The zero-order chi connectivity index (χ0) is 14.3. The lowest BCUT2D eigenvalue weighted by atomic mass is 10.2. The van der Waals surface area contributed by atoms with Gasteiger partial charge in [-0.1, -0.05) is 0 Å². The molecule has 3 N–H and O–H groups in total. The van der Waals surface area contributed by atoms with Crippen LogP contribution in [0.3, 0.4) is 0 Å². The molecule has 0 spiro atoms. The molecule has 0 aliphatic carbocycles. The van der Waals surface area contributed by atoms with Gasteiger partial charge in [0.15, 0.2) is 0 Å². The second-order valence-electron chi connectivity index (χ2n) is 4.09. The van der Waals surface area contributed by atoms with E-state index in [-0.39, 0.29) is 18.2 Å². The van der Waals surface area contributed by atoms with Crippen molar-refractivity contribution in [3.8, 4) is 0 Å². The number of carbonyl (C=O) groups excluding carboxylic acids is 2. The SMILES string of the molecule is CCNC(=O)CCNC(=O)c1cc(C)nc(NC)c1. The monoisotopic (exact) mass is 264 g/mol. The molecule has 0 fully saturated rings. The lowest BCUT2D eigenvalue weighted by molar-refractivity contribution is -0.120. The van der Waals surface area contributed by atoms with Gasteiger partial charge in [0.2, 0.25) is 5.91 Å². The Morgan fingerprint density at radius 2 is 2.00 bits per heavy atom. The quantitative estimate of drug-likeness (QED) is 0.706. The van der Waals surface area contributed by atoms with Gasteiger partial charge < -0.3 is 16.0 Å². The molecule has 6 nitrogen and oxygen atoms in total. The Morgan fingerprint density at radius 3 is 2.63 bits per heavy atom. The summed E-state index contributed by atoms with van der Waals surface area (Å²) in [6, 6.07) is 3.39. The van der Waals surface area contributed by atoms with Gasteiger partial charge in [0.05, 0.1) is 0 Å². The molecule has 1 aromatic heterocycles. The van der Waals surface area contributed by atoms with Crippen LogP contribution in [0.2, 0.25) is 0 Å². The Bertz CT molecular complexity index is 460. The van der Waals surface area contributed by atoms with E-state index < -0.39 is 0 Å². The molecule has 0 bridgehead atoms. The van der Waals surface area contributed by atoms with Gasteiger partial charge in [0.25, 0.3) is 5.91 Å². The minimum Gasteiger partial charge on any atom is -0.373 e. The summed E-state index contributed by atoms with van der Waals surface area (Å²) in [5.74, 6) is 0.379. The molecule has 104 valence electrons. The van der Waals surface area contributed by atoms with E-state index in [1.807, 2.05) is 13.8 Å². The Kier molecular flexibility index (Phi) is 5.78. The molecular weight excluding hydrogens is 244 g/mol. The van der Waals surface area contributed by atoms with Crippen molar-refractivity contribution in [2.24, 2.45) is 0 Å². The van der Waals surface area contributed by atoms with Crippen LogP contribution in [-0.2, 0) is 4.79 Å². The summed E-state index contributed by atoms with van der Waals surface area (Å²) in [7, 11) is 1.75. The number of hydrogen-bond donors (Lipinski definition) is 3. The van der Waals surface area contributed by atoms with Crippen molar-refractivity contribution in [2.45, 2.75) is 20.3 Å². The summed E-state index contributed by atoms with van der Waals surface area (Å²) in [5, 5.41) is 8.29. The molecule has 0 aliphatic rings. The summed E-state index contributed by atoms with van der Waals surface area (Å²) in [6.07, 6.45) is 0.280. The van der Waals surface area contributed by atoms with Crippen LogP contribution in [0.5, 0.6) is 0 Å². The third-order valence-corrected chi connectivity index (χ3v) is 2.48. The summed E-state index contributed by atoms with van der Waals surface area (Å²) in [5.41, 5.74) is 1.30. The van der Waals surface area contributed by atoms with E-state index >= 15 is 0 Å². The molecule has 1 rings (SSSR count). The zero-order valence-corrected chi connectivity index (χ0v) is 11.5. The number of carbonyl (C=O) groups is 2. The lowest BCUT2D eigenvalue weighted by Gasteiger charge is -2.08. The number of aryl methyl sites for hydroxylation is 1. The molecular formula is C13H20N4O2. The van der Waals surface area contributed by atoms with Crippen molar-refractivity contribution in [1.29, 1.82) is 0 Å². The molecule has 0 aliphatic heterocycles. The fourth-order valence-corrected chi connectivity index (χ4v) is 1.60. The highest BCUT2D eigenvalue weighted by Gasteiger charge is 2.08. The van der Waals surface area contributed by atoms with Gasteiger partial charge >= 0.3 is 0 Å². The van der Waals surface area contributed by atoms with Crippen molar-refractivity contribution in [3.63, 3.8) is 0 Å². The molecule has 0 radical (unpaired) electrons. The molecule has 0 saturated carbocycles. The Labute approximate surface area is 113 Å².